The second-order valence-corrected chi connectivity index (χ2v) is 4.51. The summed E-state index contributed by atoms with van der Waals surface area (Å²) in [6, 6.07) is 3.48. The van der Waals surface area contributed by atoms with E-state index in [0.717, 1.165) is 18.9 Å². The zero-order chi connectivity index (χ0) is 14.3. The van der Waals surface area contributed by atoms with Gasteiger partial charge in [0.2, 0.25) is 0 Å². The first-order valence-electron chi connectivity index (χ1n) is 6.29. The van der Waals surface area contributed by atoms with Crippen LogP contribution < -0.4 is 5.32 Å². The summed E-state index contributed by atoms with van der Waals surface area (Å²) in [6.07, 6.45) is 1.97. The molecule has 5 nitrogen and oxygen atoms in total. The first-order chi connectivity index (χ1) is 8.99. The van der Waals surface area contributed by atoms with E-state index in [9.17, 15) is 14.5 Å². The summed E-state index contributed by atoms with van der Waals surface area (Å²) in [5.41, 5.74) is 0.183. The van der Waals surface area contributed by atoms with Crippen LogP contribution in [0.4, 0.5) is 15.8 Å². The monoisotopic (exact) mass is 270 g/mol. The quantitative estimate of drug-likeness (QED) is 0.447. The number of non-ortho nitro benzene ring substituents is 1. The number of halogens is 1. The van der Waals surface area contributed by atoms with Crippen LogP contribution in [-0.4, -0.2) is 24.2 Å². The van der Waals surface area contributed by atoms with E-state index in [1.54, 1.807) is 0 Å². The predicted molar refractivity (Wildman–Crippen MR) is 71.9 cm³/mol. The van der Waals surface area contributed by atoms with E-state index in [-0.39, 0.29) is 11.8 Å². The molecule has 19 heavy (non-hydrogen) atoms. The average molecular weight is 270 g/mol. The lowest BCUT2D eigenvalue weighted by molar-refractivity contribution is -0.385. The molecule has 6 heteroatoms. The van der Waals surface area contributed by atoms with E-state index in [0.29, 0.717) is 18.8 Å². The van der Waals surface area contributed by atoms with Gasteiger partial charge in [-0.25, -0.2) is 4.39 Å². The summed E-state index contributed by atoms with van der Waals surface area (Å²) in [5.74, 6) is -0.611. The van der Waals surface area contributed by atoms with E-state index in [1.165, 1.54) is 12.1 Å². The minimum Gasteiger partial charge on any atom is -0.385 e. The van der Waals surface area contributed by atoms with Crippen molar-refractivity contribution >= 4 is 11.4 Å². The molecule has 1 N–H and O–H groups in total. The molecular weight excluding hydrogens is 251 g/mol. The number of nitro benzene ring substituents is 1. The molecule has 0 heterocycles. The zero-order valence-corrected chi connectivity index (χ0v) is 11.2. The van der Waals surface area contributed by atoms with Gasteiger partial charge in [0.1, 0.15) is 5.82 Å². The molecule has 0 bridgehead atoms. The molecule has 0 saturated heterocycles. The molecule has 0 radical (unpaired) electrons. The second-order valence-electron chi connectivity index (χ2n) is 4.51. The van der Waals surface area contributed by atoms with Gasteiger partial charge in [-0.1, -0.05) is 0 Å². The third-order valence-electron chi connectivity index (χ3n) is 2.44. The Morgan fingerprint density at radius 2 is 2.11 bits per heavy atom. The van der Waals surface area contributed by atoms with Crippen LogP contribution in [0.2, 0.25) is 0 Å². The summed E-state index contributed by atoms with van der Waals surface area (Å²) in [6.45, 7) is 5.26. The van der Waals surface area contributed by atoms with Crippen LogP contribution in [0.15, 0.2) is 18.2 Å². The van der Waals surface area contributed by atoms with E-state index < -0.39 is 10.7 Å². The Labute approximate surface area is 111 Å². The highest BCUT2D eigenvalue weighted by atomic mass is 19.1. The number of ether oxygens (including phenoxy) is 1. The summed E-state index contributed by atoms with van der Waals surface area (Å²) < 4.78 is 18.5. The fraction of sp³-hybridized carbons (Fsp3) is 0.538. The number of nitrogens with zero attached hydrogens (tertiary/aromatic N) is 1. The van der Waals surface area contributed by atoms with Crippen molar-refractivity contribution in [2.75, 3.05) is 18.5 Å². The SMILES string of the molecule is CC(C)OCCCCNc1cc(F)cc([N+](=O)[O-])c1. The molecule has 106 valence electrons. The number of nitro groups is 1. The maximum absolute atomic E-state index is 13.1. The van der Waals surface area contributed by atoms with Gasteiger partial charge in [-0.2, -0.15) is 0 Å². The molecule has 0 spiro atoms. The van der Waals surface area contributed by atoms with Crippen molar-refractivity contribution in [2.24, 2.45) is 0 Å². The number of nitrogens with one attached hydrogen (secondary N) is 1. The molecule has 0 atom stereocenters. The average Bonchev–Trinajstić information content (AvgIpc) is 2.32. The van der Waals surface area contributed by atoms with E-state index >= 15 is 0 Å². The van der Waals surface area contributed by atoms with Crippen LogP contribution in [0.5, 0.6) is 0 Å². The van der Waals surface area contributed by atoms with E-state index in [4.69, 9.17) is 4.74 Å². The Kier molecular flexibility index (Phi) is 6.21. The Bertz CT molecular complexity index is 424. The highest BCUT2D eigenvalue weighted by Gasteiger charge is 2.09. The van der Waals surface area contributed by atoms with Gasteiger partial charge in [0, 0.05) is 24.9 Å². The van der Waals surface area contributed by atoms with Gasteiger partial charge < -0.3 is 10.1 Å². The van der Waals surface area contributed by atoms with Crippen molar-refractivity contribution < 1.29 is 14.1 Å². The first kappa shape index (κ1) is 15.4. The Morgan fingerprint density at radius 1 is 1.37 bits per heavy atom. The predicted octanol–water partition coefficient (Wildman–Crippen LogP) is 3.35. The van der Waals surface area contributed by atoms with Crippen LogP contribution in [0, 0.1) is 15.9 Å². The number of anilines is 1. The molecule has 0 fully saturated rings. The third-order valence-corrected chi connectivity index (χ3v) is 2.44. The summed E-state index contributed by atoms with van der Waals surface area (Å²) in [4.78, 5) is 9.97. The molecule has 0 amide bonds. The lowest BCUT2D eigenvalue weighted by atomic mass is 10.2. The highest BCUT2D eigenvalue weighted by molar-refractivity contribution is 5.51. The van der Waals surface area contributed by atoms with Gasteiger partial charge >= 0.3 is 0 Å². The van der Waals surface area contributed by atoms with Crippen LogP contribution in [0.3, 0.4) is 0 Å². The molecule has 0 aromatic heterocycles. The fourth-order valence-corrected chi connectivity index (χ4v) is 1.56. The molecule has 0 aliphatic heterocycles. The molecule has 1 aromatic rings. The first-order valence-corrected chi connectivity index (χ1v) is 6.29. The van der Waals surface area contributed by atoms with Crippen molar-refractivity contribution in [1.82, 2.24) is 0 Å². The van der Waals surface area contributed by atoms with E-state index in [2.05, 4.69) is 5.32 Å². The van der Waals surface area contributed by atoms with Crippen LogP contribution in [0.25, 0.3) is 0 Å². The molecule has 0 aliphatic carbocycles. The summed E-state index contributed by atoms with van der Waals surface area (Å²) in [5, 5.41) is 13.5. The van der Waals surface area contributed by atoms with Gasteiger partial charge in [-0.15, -0.1) is 0 Å². The number of hydrogen-bond donors (Lipinski definition) is 1. The minimum absolute atomic E-state index is 0.221. The molecular formula is C13H19FN2O3. The third kappa shape index (κ3) is 6.15. The van der Waals surface area contributed by atoms with Gasteiger partial charge in [-0.3, -0.25) is 10.1 Å². The maximum atomic E-state index is 13.1. The van der Waals surface area contributed by atoms with Crippen molar-refractivity contribution in [3.63, 3.8) is 0 Å². The Hall–Kier alpha value is -1.69. The van der Waals surface area contributed by atoms with Crippen molar-refractivity contribution in [3.05, 3.63) is 34.1 Å². The molecule has 0 saturated carbocycles. The number of rotatable bonds is 8. The normalized spacial score (nSPS) is 10.7. The summed E-state index contributed by atoms with van der Waals surface area (Å²) >= 11 is 0. The molecule has 0 aliphatic rings. The maximum Gasteiger partial charge on any atom is 0.274 e. The van der Waals surface area contributed by atoms with Crippen LogP contribution in [0.1, 0.15) is 26.7 Å². The smallest absolute Gasteiger partial charge is 0.274 e. The number of unbranched alkanes of at least 4 members (excludes halogenated alkanes) is 1. The van der Waals surface area contributed by atoms with Gasteiger partial charge in [-0.05, 0) is 32.8 Å². The number of hydrogen-bond acceptors (Lipinski definition) is 4. The van der Waals surface area contributed by atoms with Crippen LogP contribution >= 0.6 is 0 Å². The standard InChI is InChI=1S/C13H19FN2O3/c1-10(2)19-6-4-3-5-15-12-7-11(14)8-13(9-12)16(17)18/h7-10,15H,3-6H2,1-2H3. The number of benzene rings is 1. The fourth-order valence-electron chi connectivity index (χ4n) is 1.56. The highest BCUT2D eigenvalue weighted by Crippen LogP contribution is 2.19. The Morgan fingerprint density at radius 3 is 2.74 bits per heavy atom. The van der Waals surface area contributed by atoms with Crippen LogP contribution in [-0.2, 0) is 4.74 Å². The molecule has 1 rings (SSSR count). The van der Waals surface area contributed by atoms with Gasteiger partial charge in [0.25, 0.3) is 5.69 Å². The Balaban J connectivity index is 2.35. The largest absolute Gasteiger partial charge is 0.385 e. The van der Waals surface area contributed by atoms with Gasteiger partial charge in [0.05, 0.1) is 17.1 Å². The zero-order valence-electron chi connectivity index (χ0n) is 11.2. The minimum atomic E-state index is -0.611. The second kappa shape index (κ2) is 7.68. The molecule has 0 unspecified atom stereocenters. The topological polar surface area (TPSA) is 64.4 Å². The van der Waals surface area contributed by atoms with Crippen molar-refractivity contribution in [1.29, 1.82) is 0 Å². The lowest BCUT2D eigenvalue weighted by Gasteiger charge is -2.08. The van der Waals surface area contributed by atoms with Crippen molar-refractivity contribution in [3.8, 4) is 0 Å². The summed E-state index contributed by atoms with van der Waals surface area (Å²) in [7, 11) is 0. The van der Waals surface area contributed by atoms with Crippen molar-refractivity contribution in [2.45, 2.75) is 32.8 Å². The molecule has 1 aromatic carbocycles. The van der Waals surface area contributed by atoms with E-state index in [1.807, 2.05) is 13.8 Å². The van der Waals surface area contributed by atoms with Gasteiger partial charge in [0.15, 0.2) is 0 Å². The lowest BCUT2D eigenvalue weighted by Crippen LogP contribution is -2.07.